The molecule has 0 fully saturated rings. The SMILES string of the molecule is Cc1cccc2c(OCCNC(=O)OC(C)(C)C)noc12. The molecular formula is C15H20N2O4. The van der Waals surface area contributed by atoms with Crippen LogP contribution in [0.25, 0.3) is 11.0 Å². The van der Waals surface area contributed by atoms with Crippen LogP contribution in [0.2, 0.25) is 0 Å². The van der Waals surface area contributed by atoms with Gasteiger partial charge in [0, 0.05) is 0 Å². The number of nitrogens with zero attached hydrogens (tertiary/aromatic N) is 1. The largest absolute Gasteiger partial charge is 0.473 e. The first-order valence-electron chi connectivity index (χ1n) is 6.81. The summed E-state index contributed by atoms with van der Waals surface area (Å²) in [7, 11) is 0. The molecule has 2 rings (SSSR count). The van der Waals surface area contributed by atoms with Gasteiger partial charge < -0.3 is 19.3 Å². The summed E-state index contributed by atoms with van der Waals surface area (Å²) in [6.07, 6.45) is -0.466. The number of para-hydroxylation sites is 1. The van der Waals surface area contributed by atoms with Crippen molar-refractivity contribution in [1.29, 1.82) is 0 Å². The number of rotatable bonds is 4. The highest BCUT2D eigenvalue weighted by Gasteiger charge is 2.16. The van der Waals surface area contributed by atoms with Crippen LogP contribution in [-0.4, -0.2) is 30.0 Å². The summed E-state index contributed by atoms with van der Waals surface area (Å²) in [6, 6.07) is 5.75. The van der Waals surface area contributed by atoms with E-state index in [9.17, 15) is 4.79 Å². The fraction of sp³-hybridized carbons (Fsp3) is 0.467. The van der Waals surface area contributed by atoms with Crippen LogP contribution >= 0.6 is 0 Å². The maximum atomic E-state index is 11.5. The molecule has 0 bridgehead atoms. The smallest absolute Gasteiger partial charge is 0.407 e. The fourth-order valence-electron chi connectivity index (χ4n) is 1.80. The van der Waals surface area contributed by atoms with E-state index >= 15 is 0 Å². The van der Waals surface area contributed by atoms with E-state index in [2.05, 4.69) is 10.5 Å². The van der Waals surface area contributed by atoms with Gasteiger partial charge in [-0.25, -0.2) is 4.79 Å². The summed E-state index contributed by atoms with van der Waals surface area (Å²) in [5, 5.41) is 7.33. The second-order valence-electron chi connectivity index (χ2n) is 5.72. The van der Waals surface area contributed by atoms with Gasteiger partial charge in [-0.15, -0.1) is 0 Å². The molecule has 0 aliphatic rings. The van der Waals surface area contributed by atoms with Crippen LogP contribution in [0, 0.1) is 6.92 Å². The Hall–Kier alpha value is -2.24. The first kappa shape index (κ1) is 15.2. The number of carbonyl (C=O) groups is 1. The number of fused-ring (bicyclic) bond motifs is 1. The number of benzene rings is 1. The summed E-state index contributed by atoms with van der Waals surface area (Å²) in [4.78, 5) is 11.5. The van der Waals surface area contributed by atoms with Gasteiger partial charge in [-0.3, -0.25) is 0 Å². The Morgan fingerprint density at radius 3 is 2.86 bits per heavy atom. The minimum atomic E-state index is -0.509. The number of nitrogens with one attached hydrogen (secondary N) is 1. The molecular weight excluding hydrogens is 272 g/mol. The molecule has 1 N–H and O–H groups in total. The molecule has 0 aliphatic heterocycles. The zero-order valence-electron chi connectivity index (χ0n) is 12.7. The topological polar surface area (TPSA) is 73.6 Å². The van der Waals surface area contributed by atoms with E-state index in [1.54, 1.807) is 0 Å². The van der Waals surface area contributed by atoms with E-state index in [0.717, 1.165) is 10.9 Å². The average Bonchev–Trinajstić information content (AvgIpc) is 2.77. The first-order chi connectivity index (χ1) is 9.87. The van der Waals surface area contributed by atoms with Gasteiger partial charge in [-0.2, -0.15) is 0 Å². The Balaban J connectivity index is 1.83. The predicted octanol–water partition coefficient (Wildman–Crippen LogP) is 3.04. The van der Waals surface area contributed by atoms with Gasteiger partial charge in [0.15, 0.2) is 5.58 Å². The molecule has 6 nitrogen and oxygen atoms in total. The Morgan fingerprint density at radius 1 is 1.38 bits per heavy atom. The van der Waals surface area contributed by atoms with Gasteiger partial charge in [0.25, 0.3) is 5.88 Å². The van der Waals surface area contributed by atoms with E-state index in [0.29, 0.717) is 18.0 Å². The lowest BCUT2D eigenvalue weighted by Gasteiger charge is -2.19. The molecule has 0 spiro atoms. The van der Waals surface area contributed by atoms with E-state index in [1.165, 1.54) is 0 Å². The minimum absolute atomic E-state index is 0.287. The molecule has 21 heavy (non-hydrogen) atoms. The van der Waals surface area contributed by atoms with Crippen molar-refractivity contribution >= 4 is 17.1 Å². The van der Waals surface area contributed by atoms with Gasteiger partial charge in [0.05, 0.1) is 11.9 Å². The number of hydrogen-bond acceptors (Lipinski definition) is 5. The minimum Gasteiger partial charge on any atom is -0.473 e. The van der Waals surface area contributed by atoms with Gasteiger partial charge >= 0.3 is 6.09 Å². The van der Waals surface area contributed by atoms with Gasteiger partial charge in [-0.1, -0.05) is 12.1 Å². The van der Waals surface area contributed by atoms with Gasteiger partial charge in [0.2, 0.25) is 0 Å². The molecule has 0 unspecified atom stereocenters. The predicted molar refractivity (Wildman–Crippen MR) is 78.5 cm³/mol. The van der Waals surface area contributed by atoms with Crippen LogP contribution < -0.4 is 10.1 Å². The molecule has 1 aromatic heterocycles. The maximum Gasteiger partial charge on any atom is 0.407 e. The zero-order valence-corrected chi connectivity index (χ0v) is 12.7. The van der Waals surface area contributed by atoms with Crippen molar-refractivity contribution in [2.24, 2.45) is 0 Å². The third-order valence-corrected chi connectivity index (χ3v) is 2.67. The van der Waals surface area contributed by atoms with Crippen molar-refractivity contribution in [2.75, 3.05) is 13.2 Å². The van der Waals surface area contributed by atoms with Crippen molar-refractivity contribution in [3.63, 3.8) is 0 Å². The quantitative estimate of drug-likeness (QED) is 0.877. The van der Waals surface area contributed by atoms with Crippen LogP contribution in [0.15, 0.2) is 22.7 Å². The van der Waals surface area contributed by atoms with E-state index in [4.69, 9.17) is 14.0 Å². The van der Waals surface area contributed by atoms with Crippen molar-refractivity contribution in [1.82, 2.24) is 10.5 Å². The Morgan fingerprint density at radius 2 is 2.14 bits per heavy atom. The molecule has 0 atom stereocenters. The first-order valence-corrected chi connectivity index (χ1v) is 6.81. The van der Waals surface area contributed by atoms with Crippen LogP contribution in [0.5, 0.6) is 5.88 Å². The standard InChI is InChI=1S/C15H20N2O4/c1-10-6-5-7-11-12(10)21-17-13(11)19-9-8-16-14(18)20-15(2,3)4/h5-7H,8-9H2,1-4H3,(H,16,18). The van der Waals surface area contributed by atoms with Crippen LogP contribution in [-0.2, 0) is 4.74 Å². The van der Waals surface area contributed by atoms with Crippen molar-refractivity contribution in [2.45, 2.75) is 33.3 Å². The number of hydrogen-bond donors (Lipinski definition) is 1. The number of alkyl carbamates (subject to hydrolysis) is 1. The highest BCUT2D eigenvalue weighted by atomic mass is 16.6. The average molecular weight is 292 g/mol. The molecule has 1 amide bonds. The summed E-state index contributed by atoms with van der Waals surface area (Å²) in [5.41, 5.74) is 1.21. The van der Waals surface area contributed by atoms with Crippen molar-refractivity contribution in [3.05, 3.63) is 23.8 Å². The highest BCUT2D eigenvalue weighted by Crippen LogP contribution is 2.26. The van der Waals surface area contributed by atoms with E-state index < -0.39 is 11.7 Å². The van der Waals surface area contributed by atoms with Crippen LogP contribution in [0.3, 0.4) is 0 Å². The normalized spacial score (nSPS) is 11.4. The summed E-state index contributed by atoms with van der Waals surface area (Å²) < 4.78 is 15.9. The Labute approximate surface area is 123 Å². The molecule has 2 aromatic rings. The van der Waals surface area contributed by atoms with Crippen LogP contribution in [0.4, 0.5) is 4.79 Å². The van der Waals surface area contributed by atoms with E-state index in [1.807, 2.05) is 45.9 Å². The summed E-state index contributed by atoms with van der Waals surface area (Å²) in [5.74, 6) is 0.430. The monoisotopic (exact) mass is 292 g/mol. The number of aryl methyl sites for hydroxylation is 1. The zero-order chi connectivity index (χ0) is 15.5. The molecule has 114 valence electrons. The summed E-state index contributed by atoms with van der Waals surface area (Å²) >= 11 is 0. The maximum absolute atomic E-state index is 11.5. The molecule has 0 aliphatic carbocycles. The second kappa shape index (κ2) is 6.03. The molecule has 1 heterocycles. The van der Waals surface area contributed by atoms with E-state index in [-0.39, 0.29) is 6.61 Å². The highest BCUT2D eigenvalue weighted by molar-refractivity contribution is 5.84. The lowest BCUT2D eigenvalue weighted by molar-refractivity contribution is 0.0520. The molecule has 0 radical (unpaired) electrons. The molecule has 0 saturated carbocycles. The summed E-state index contributed by atoms with van der Waals surface area (Å²) in [6.45, 7) is 8.00. The Kier molecular flexibility index (Phi) is 4.35. The lowest BCUT2D eigenvalue weighted by atomic mass is 10.2. The Bertz CT molecular complexity index is 628. The number of carbonyl (C=O) groups excluding carboxylic acids is 1. The van der Waals surface area contributed by atoms with Crippen molar-refractivity contribution in [3.8, 4) is 5.88 Å². The second-order valence-corrected chi connectivity index (χ2v) is 5.72. The molecule has 1 aromatic carbocycles. The van der Waals surface area contributed by atoms with Crippen molar-refractivity contribution < 1.29 is 18.8 Å². The lowest BCUT2D eigenvalue weighted by Crippen LogP contribution is -2.34. The number of ether oxygens (including phenoxy) is 2. The fourth-order valence-corrected chi connectivity index (χ4v) is 1.80. The van der Waals surface area contributed by atoms with Gasteiger partial charge in [0.1, 0.15) is 12.2 Å². The molecule has 0 saturated heterocycles. The third kappa shape index (κ3) is 4.11. The van der Waals surface area contributed by atoms with Gasteiger partial charge in [-0.05, 0) is 44.5 Å². The number of amides is 1. The third-order valence-electron chi connectivity index (χ3n) is 2.67. The number of aromatic nitrogens is 1. The van der Waals surface area contributed by atoms with Crippen LogP contribution in [0.1, 0.15) is 26.3 Å². The molecule has 6 heteroatoms.